The standard InChI is InChI=1S/C35H24N2S/c1-23-33(25-10-4-2-5-11-25)36-35(27-12-6-3-7-13-27)37-34(23)26-18-16-24(17-19-26)28-20-21-30-29-14-8-9-15-31(29)38-32(30)22-28/h2-22H,1H3. The van der Waals surface area contributed by atoms with E-state index in [1.807, 2.05) is 35.6 Å². The molecule has 0 saturated carbocycles. The molecule has 38 heavy (non-hydrogen) atoms. The SMILES string of the molecule is Cc1c(-c2ccccc2)nc(-c2ccccc2)nc1-c1ccc(-c2ccc3c(c2)sc2ccccc23)cc1. The van der Waals surface area contributed by atoms with Gasteiger partial charge in [0.2, 0.25) is 0 Å². The highest BCUT2D eigenvalue weighted by molar-refractivity contribution is 7.25. The van der Waals surface area contributed by atoms with E-state index >= 15 is 0 Å². The van der Waals surface area contributed by atoms with Gasteiger partial charge in [0, 0.05) is 42.4 Å². The molecule has 0 saturated heterocycles. The zero-order valence-electron chi connectivity index (χ0n) is 20.9. The summed E-state index contributed by atoms with van der Waals surface area (Å²) < 4.78 is 2.65. The molecule has 180 valence electrons. The average Bonchev–Trinajstić information content (AvgIpc) is 3.36. The Morgan fingerprint density at radius 3 is 1.68 bits per heavy atom. The van der Waals surface area contributed by atoms with Gasteiger partial charge in [-0.1, -0.05) is 115 Å². The van der Waals surface area contributed by atoms with Crippen molar-refractivity contribution in [1.29, 1.82) is 0 Å². The lowest BCUT2D eigenvalue weighted by Gasteiger charge is -2.14. The van der Waals surface area contributed by atoms with E-state index in [1.165, 1.54) is 31.3 Å². The highest BCUT2D eigenvalue weighted by Crippen LogP contribution is 2.37. The van der Waals surface area contributed by atoms with E-state index in [0.29, 0.717) is 0 Å². The van der Waals surface area contributed by atoms with E-state index in [9.17, 15) is 0 Å². The summed E-state index contributed by atoms with van der Waals surface area (Å²) in [4.78, 5) is 10.1. The van der Waals surface area contributed by atoms with Crippen molar-refractivity contribution in [3.8, 4) is 45.0 Å². The van der Waals surface area contributed by atoms with Crippen molar-refractivity contribution in [1.82, 2.24) is 9.97 Å². The van der Waals surface area contributed by atoms with Crippen LogP contribution < -0.4 is 0 Å². The number of rotatable bonds is 4. The van der Waals surface area contributed by atoms with Crippen molar-refractivity contribution in [2.24, 2.45) is 0 Å². The number of aromatic nitrogens is 2. The highest BCUT2D eigenvalue weighted by Gasteiger charge is 2.15. The molecule has 0 aliphatic carbocycles. The van der Waals surface area contributed by atoms with Crippen LogP contribution >= 0.6 is 11.3 Å². The van der Waals surface area contributed by atoms with Gasteiger partial charge in [0.1, 0.15) is 0 Å². The topological polar surface area (TPSA) is 25.8 Å². The fraction of sp³-hybridized carbons (Fsp3) is 0.0286. The molecule has 2 nitrogen and oxygen atoms in total. The van der Waals surface area contributed by atoms with E-state index in [4.69, 9.17) is 9.97 Å². The third kappa shape index (κ3) is 3.98. The van der Waals surface area contributed by atoms with Crippen molar-refractivity contribution >= 4 is 31.5 Å². The zero-order chi connectivity index (χ0) is 25.5. The summed E-state index contributed by atoms with van der Waals surface area (Å²) in [6.07, 6.45) is 0. The Morgan fingerprint density at radius 1 is 0.447 bits per heavy atom. The molecule has 0 bridgehead atoms. The molecule has 7 rings (SSSR count). The molecule has 0 amide bonds. The maximum absolute atomic E-state index is 5.06. The fourth-order valence-corrected chi connectivity index (χ4v) is 6.26. The van der Waals surface area contributed by atoms with Crippen LogP contribution in [0.4, 0.5) is 0 Å². The summed E-state index contributed by atoms with van der Waals surface area (Å²) in [7, 11) is 0. The first-order valence-electron chi connectivity index (χ1n) is 12.8. The van der Waals surface area contributed by atoms with Gasteiger partial charge < -0.3 is 0 Å². The van der Waals surface area contributed by atoms with Crippen molar-refractivity contribution in [3.63, 3.8) is 0 Å². The summed E-state index contributed by atoms with van der Waals surface area (Å²) in [6.45, 7) is 2.12. The molecule has 0 atom stereocenters. The number of fused-ring (bicyclic) bond motifs is 3. The molecule has 2 aromatic heterocycles. The van der Waals surface area contributed by atoms with Crippen molar-refractivity contribution in [3.05, 3.63) is 133 Å². The van der Waals surface area contributed by atoms with E-state index < -0.39 is 0 Å². The number of hydrogen-bond donors (Lipinski definition) is 0. The van der Waals surface area contributed by atoms with Crippen LogP contribution in [-0.4, -0.2) is 9.97 Å². The Morgan fingerprint density at radius 2 is 0.974 bits per heavy atom. The Labute approximate surface area is 225 Å². The molecule has 5 aromatic carbocycles. The highest BCUT2D eigenvalue weighted by atomic mass is 32.1. The predicted octanol–water partition coefficient (Wildman–Crippen LogP) is 9.82. The van der Waals surface area contributed by atoms with E-state index in [0.717, 1.165) is 39.5 Å². The van der Waals surface area contributed by atoms with E-state index in [-0.39, 0.29) is 0 Å². The Bertz CT molecular complexity index is 1900. The van der Waals surface area contributed by atoms with Gasteiger partial charge in [-0.3, -0.25) is 0 Å². The number of nitrogens with zero attached hydrogens (tertiary/aromatic N) is 2. The van der Waals surface area contributed by atoms with Crippen LogP contribution in [0, 0.1) is 6.92 Å². The first kappa shape index (κ1) is 22.6. The Balaban J connectivity index is 1.32. The molecule has 0 N–H and O–H groups in total. The smallest absolute Gasteiger partial charge is 0.160 e. The summed E-state index contributed by atoms with van der Waals surface area (Å²) >= 11 is 1.85. The predicted molar refractivity (Wildman–Crippen MR) is 161 cm³/mol. The summed E-state index contributed by atoms with van der Waals surface area (Å²) in [6, 6.07) is 44.8. The third-order valence-corrected chi connectivity index (χ3v) is 8.23. The van der Waals surface area contributed by atoms with Crippen LogP contribution in [0.3, 0.4) is 0 Å². The molecular formula is C35H24N2S. The second kappa shape index (κ2) is 9.37. The van der Waals surface area contributed by atoms with Gasteiger partial charge >= 0.3 is 0 Å². The van der Waals surface area contributed by atoms with Gasteiger partial charge in [0.15, 0.2) is 5.82 Å². The van der Waals surface area contributed by atoms with E-state index in [2.05, 4.69) is 110 Å². The van der Waals surface area contributed by atoms with Gasteiger partial charge in [-0.2, -0.15) is 0 Å². The van der Waals surface area contributed by atoms with Crippen LogP contribution in [0.1, 0.15) is 5.56 Å². The van der Waals surface area contributed by atoms with Gasteiger partial charge in [-0.25, -0.2) is 9.97 Å². The van der Waals surface area contributed by atoms with Crippen LogP contribution in [0.15, 0.2) is 127 Å². The number of thiophene rings is 1. The molecule has 0 aliphatic rings. The minimum Gasteiger partial charge on any atom is -0.228 e. The molecule has 2 heterocycles. The van der Waals surface area contributed by atoms with Crippen molar-refractivity contribution in [2.75, 3.05) is 0 Å². The minimum atomic E-state index is 0.740. The monoisotopic (exact) mass is 504 g/mol. The first-order valence-corrected chi connectivity index (χ1v) is 13.6. The van der Waals surface area contributed by atoms with Crippen LogP contribution in [0.25, 0.3) is 65.2 Å². The lowest BCUT2D eigenvalue weighted by Crippen LogP contribution is -2.00. The van der Waals surface area contributed by atoms with Crippen LogP contribution in [0.5, 0.6) is 0 Å². The third-order valence-electron chi connectivity index (χ3n) is 7.10. The molecule has 7 aromatic rings. The first-order chi connectivity index (χ1) is 18.7. The molecule has 0 unspecified atom stereocenters. The maximum atomic E-state index is 5.06. The second-order valence-electron chi connectivity index (χ2n) is 9.49. The zero-order valence-corrected chi connectivity index (χ0v) is 21.7. The average molecular weight is 505 g/mol. The summed E-state index contributed by atoms with van der Waals surface area (Å²) in [5.74, 6) is 0.740. The van der Waals surface area contributed by atoms with Crippen molar-refractivity contribution in [2.45, 2.75) is 6.92 Å². The molecule has 0 fully saturated rings. The molecule has 0 radical (unpaired) electrons. The second-order valence-corrected chi connectivity index (χ2v) is 10.6. The van der Waals surface area contributed by atoms with Gasteiger partial charge in [-0.05, 0) is 30.2 Å². The summed E-state index contributed by atoms with van der Waals surface area (Å²) in [5.41, 5.74) is 8.63. The van der Waals surface area contributed by atoms with Gasteiger partial charge in [-0.15, -0.1) is 11.3 Å². The Kier molecular flexibility index (Phi) is 5.57. The normalized spacial score (nSPS) is 11.3. The minimum absolute atomic E-state index is 0.740. The summed E-state index contributed by atoms with van der Waals surface area (Å²) in [5, 5.41) is 2.65. The maximum Gasteiger partial charge on any atom is 0.160 e. The van der Waals surface area contributed by atoms with Crippen LogP contribution in [-0.2, 0) is 0 Å². The molecular weight excluding hydrogens is 480 g/mol. The van der Waals surface area contributed by atoms with Gasteiger partial charge in [0.25, 0.3) is 0 Å². The molecule has 0 spiro atoms. The molecule has 0 aliphatic heterocycles. The lowest BCUT2D eigenvalue weighted by molar-refractivity contribution is 1.15. The van der Waals surface area contributed by atoms with Gasteiger partial charge in [0.05, 0.1) is 11.4 Å². The van der Waals surface area contributed by atoms with E-state index in [1.54, 1.807) is 0 Å². The quantitative estimate of drug-likeness (QED) is 0.238. The largest absolute Gasteiger partial charge is 0.228 e. The fourth-order valence-electron chi connectivity index (χ4n) is 5.12. The van der Waals surface area contributed by atoms with Crippen molar-refractivity contribution < 1.29 is 0 Å². The lowest BCUT2D eigenvalue weighted by atomic mass is 9.98. The Hall–Kier alpha value is -4.60. The van der Waals surface area contributed by atoms with Crippen LogP contribution in [0.2, 0.25) is 0 Å². The number of hydrogen-bond acceptors (Lipinski definition) is 3. The molecule has 3 heteroatoms. The number of benzene rings is 5.